The first-order chi connectivity index (χ1) is 10.2. The molecule has 0 N–H and O–H groups in total. The minimum atomic E-state index is -1.12. The van der Waals surface area contributed by atoms with E-state index in [0.717, 1.165) is 18.8 Å². The molecule has 21 heavy (non-hydrogen) atoms. The maximum atomic E-state index is 13.7. The van der Waals surface area contributed by atoms with E-state index in [1.165, 1.54) is 37.8 Å². The van der Waals surface area contributed by atoms with Gasteiger partial charge in [0.15, 0.2) is 11.6 Å². The molecule has 1 saturated carbocycles. The zero-order valence-corrected chi connectivity index (χ0v) is 12.4. The lowest BCUT2D eigenvalue weighted by Crippen LogP contribution is -2.20. The van der Waals surface area contributed by atoms with Gasteiger partial charge in [-0.15, -0.1) is 0 Å². The van der Waals surface area contributed by atoms with Crippen LogP contribution in [0.25, 0.3) is 0 Å². The lowest BCUT2D eigenvalue weighted by molar-refractivity contribution is 0.173. The number of halogens is 2. The Balaban J connectivity index is 1.87. The van der Waals surface area contributed by atoms with Gasteiger partial charge in [0.1, 0.15) is 6.07 Å². The van der Waals surface area contributed by atoms with Gasteiger partial charge in [0.05, 0.1) is 12.2 Å². The van der Waals surface area contributed by atoms with Gasteiger partial charge in [0.25, 0.3) is 0 Å². The van der Waals surface area contributed by atoms with E-state index in [2.05, 4.69) is 6.92 Å². The summed E-state index contributed by atoms with van der Waals surface area (Å²) in [5.41, 5.74) is -0.292. The van der Waals surface area contributed by atoms with Crippen molar-refractivity contribution >= 4 is 0 Å². The fourth-order valence-electron chi connectivity index (χ4n) is 3.03. The summed E-state index contributed by atoms with van der Waals surface area (Å²) in [5.74, 6) is -1.05. The van der Waals surface area contributed by atoms with Crippen LogP contribution in [0.5, 0.6) is 5.75 Å². The average Bonchev–Trinajstić information content (AvgIpc) is 2.50. The second kappa shape index (κ2) is 7.40. The van der Waals surface area contributed by atoms with Crippen molar-refractivity contribution in [2.45, 2.75) is 45.4 Å². The summed E-state index contributed by atoms with van der Waals surface area (Å²) in [7, 11) is 0. The van der Waals surface area contributed by atoms with Crippen LogP contribution in [0, 0.1) is 34.8 Å². The molecule has 0 atom stereocenters. The van der Waals surface area contributed by atoms with Crippen molar-refractivity contribution in [1.29, 1.82) is 5.26 Å². The minimum absolute atomic E-state index is 0.0952. The number of hydrogen-bond donors (Lipinski definition) is 0. The first-order valence-corrected chi connectivity index (χ1v) is 7.66. The van der Waals surface area contributed by atoms with Gasteiger partial charge in [-0.3, -0.25) is 0 Å². The van der Waals surface area contributed by atoms with E-state index >= 15 is 0 Å². The fourth-order valence-corrected chi connectivity index (χ4v) is 3.03. The molecule has 0 radical (unpaired) electrons. The van der Waals surface area contributed by atoms with Gasteiger partial charge in [-0.05, 0) is 36.8 Å². The van der Waals surface area contributed by atoms with Crippen LogP contribution in [0.4, 0.5) is 8.78 Å². The predicted octanol–water partition coefficient (Wildman–Crippen LogP) is 4.82. The molecule has 0 bridgehead atoms. The van der Waals surface area contributed by atoms with Crippen LogP contribution in [-0.4, -0.2) is 6.61 Å². The highest BCUT2D eigenvalue weighted by Gasteiger charge is 2.22. The van der Waals surface area contributed by atoms with Crippen molar-refractivity contribution in [3.8, 4) is 11.8 Å². The number of ether oxygens (including phenoxy) is 1. The van der Waals surface area contributed by atoms with E-state index in [1.807, 2.05) is 0 Å². The van der Waals surface area contributed by atoms with E-state index in [9.17, 15) is 8.78 Å². The van der Waals surface area contributed by atoms with Crippen LogP contribution in [0.15, 0.2) is 12.1 Å². The van der Waals surface area contributed by atoms with Crippen molar-refractivity contribution in [2.24, 2.45) is 11.8 Å². The van der Waals surface area contributed by atoms with Gasteiger partial charge in [0.2, 0.25) is 5.82 Å². The lowest BCUT2D eigenvalue weighted by atomic mass is 9.80. The molecule has 0 heterocycles. The molecule has 1 fully saturated rings. The first kappa shape index (κ1) is 15.8. The Morgan fingerprint density at radius 3 is 2.43 bits per heavy atom. The minimum Gasteiger partial charge on any atom is -0.490 e. The van der Waals surface area contributed by atoms with E-state index in [4.69, 9.17) is 10.00 Å². The first-order valence-electron chi connectivity index (χ1n) is 7.66. The summed E-state index contributed by atoms with van der Waals surface area (Å²) >= 11 is 0. The third-order valence-electron chi connectivity index (χ3n) is 4.31. The molecule has 4 heteroatoms. The number of hydrogen-bond acceptors (Lipinski definition) is 2. The van der Waals surface area contributed by atoms with Crippen LogP contribution < -0.4 is 4.74 Å². The van der Waals surface area contributed by atoms with Crippen molar-refractivity contribution in [2.75, 3.05) is 6.61 Å². The average molecular weight is 293 g/mol. The maximum Gasteiger partial charge on any atom is 0.201 e. The number of nitriles is 1. The van der Waals surface area contributed by atoms with Crippen molar-refractivity contribution in [1.82, 2.24) is 0 Å². The molecule has 0 aliphatic heterocycles. The number of rotatable bonds is 5. The second-order valence-corrected chi connectivity index (χ2v) is 5.84. The van der Waals surface area contributed by atoms with E-state index in [-0.39, 0.29) is 11.3 Å². The van der Waals surface area contributed by atoms with Crippen LogP contribution in [0.1, 0.15) is 51.0 Å². The molecule has 0 spiro atoms. The largest absolute Gasteiger partial charge is 0.490 e. The quantitative estimate of drug-likeness (QED) is 0.779. The third kappa shape index (κ3) is 3.93. The molecule has 1 aliphatic carbocycles. The van der Waals surface area contributed by atoms with Crippen molar-refractivity contribution in [3.63, 3.8) is 0 Å². The van der Waals surface area contributed by atoms with Gasteiger partial charge in [-0.2, -0.15) is 9.65 Å². The highest BCUT2D eigenvalue weighted by molar-refractivity contribution is 5.37. The summed E-state index contributed by atoms with van der Waals surface area (Å²) < 4.78 is 32.6. The standard InChI is InChI=1S/C17H21F2NO/c1-2-3-12-4-6-13(7-5-12)11-21-15-9-8-14(10-20)16(18)17(15)19/h8-9,12-13H,2-7,11H2,1H3. The van der Waals surface area contributed by atoms with Crippen LogP contribution in [-0.2, 0) is 0 Å². The van der Waals surface area contributed by atoms with Crippen molar-refractivity contribution in [3.05, 3.63) is 29.3 Å². The Morgan fingerprint density at radius 1 is 1.14 bits per heavy atom. The third-order valence-corrected chi connectivity index (χ3v) is 4.31. The van der Waals surface area contributed by atoms with E-state index in [0.29, 0.717) is 12.5 Å². The van der Waals surface area contributed by atoms with Gasteiger partial charge in [-0.1, -0.05) is 32.6 Å². The summed E-state index contributed by atoms with van der Waals surface area (Å²) in [6.45, 7) is 2.62. The Morgan fingerprint density at radius 2 is 1.81 bits per heavy atom. The maximum absolute atomic E-state index is 13.7. The summed E-state index contributed by atoms with van der Waals surface area (Å²) in [6.07, 6.45) is 7.08. The monoisotopic (exact) mass is 293 g/mol. The van der Waals surface area contributed by atoms with Crippen molar-refractivity contribution < 1.29 is 13.5 Å². The highest BCUT2D eigenvalue weighted by atomic mass is 19.2. The lowest BCUT2D eigenvalue weighted by Gasteiger charge is -2.28. The van der Waals surface area contributed by atoms with Crippen LogP contribution in [0.3, 0.4) is 0 Å². The van der Waals surface area contributed by atoms with Crippen LogP contribution >= 0.6 is 0 Å². The molecule has 114 valence electrons. The zero-order chi connectivity index (χ0) is 15.2. The van der Waals surface area contributed by atoms with Gasteiger partial charge >= 0.3 is 0 Å². The summed E-state index contributed by atoms with van der Waals surface area (Å²) in [5, 5.41) is 8.64. The number of benzene rings is 1. The smallest absolute Gasteiger partial charge is 0.201 e. The fraction of sp³-hybridized carbons (Fsp3) is 0.588. The second-order valence-electron chi connectivity index (χ2n) is 5.84. The van der Waals surface area contributed by atoms with Gasteiger partial charge < -0.3 is 4.74 Å². The highest BCUT2D eigenvalue weighted by Crippen LogP contribution is 2.32. The molecule has 2 nitrogen and oxygen atoms in total. The molecule has 0 aromatic heterocycles. The molecule has 1 aromatic carbocycles. The Hall–Kier alpha value is -1.63. The normalized spacial score (nSPS) is 21.8. The Kier molecular flexibility index (Phi) is 5.55. The molecule has 2 rings (SSSR count). The molecular weight excluding hydrogens is 272 g/mol. The van der Waals surface area contributed by atoms with Crippen LogP contribution in [0.2, 0.25) is 0 Å². The van der Waals surface area contributed by atoms with E-state index in [1.54, 1.807) is 6.07 Å². The zero-order valence-electron chi connectivity index (χ0n) is 12.4. The SMILES string of the molecule is CCCC1CCC(COc2ccc(C#N)c(F)c2F)CC1. The topological polar surface area (TPSA) is 33.0 Å². The molecular formula is C17H21F2NO. The molecule has 0 unspecified atom stereocenters. The van der Waals surface area contributed by atoms with Gasteiger partial charge in [0, 0.05) is 0 Å². The van der Waals surface area contributed by atoms with Gasteiger partial charge in [-0.25, -0.2) is 4.39 Å². The molecule has 0 saturated heterocycles. The molecule has 1 aromatic rings. The number of nitrogens with zero attached hydrogens (tertiary/aromatic N) is 1. The predicted molar refractivity (Wildman–Crippen MR) is 76.9 cm³/mol. The Labute approximate surface area is 124 Å². The van der Waals surface area contributed by atoms with E-state index < -0.39 is 11.6 Å². The molecule has 0 amide bonds. The molecule has 1 aliphatic rings. The Bertz CT molecular complexity index is 516. The summed E-state index contributed by atoms with van der Waals surface area (Å²) in [4.78, 5) is 0. The summed E-state index contributed by atoms with van der Waals surface area (Å²) in [6, 6.07) is 4.20.